The van der Waals surface area contributed by atoms with E-state index < -0.39 is 5.79 Å². The van der Waals surface area contributed by atoms with E-state index in [1.54, 1.807) is 0 Å². The topological polar surface area (TPSA) is 18.5 Å². The van der Waals surface area contributed by atoms with Gasteiger partial charge in [-0.1, -0.05) is 0 Å². The molecule has 3 aromatic carbocycles. The van der Waals surface area contributed by atoms with Crippen LogP contribution in [0.3, 0.4) is 0 Å². The Balaban J connectivity index is 1.28. The van der Waals surface area contributed by atoms with Gasteiger partial charge in [0, 0.05) is 0 Å². The molecule has 2 saturated heterocycles. The van der Waals surface area contributed by atoms with Gasteiger partial charge in [-0.25, -0.2) is 0 Å². The maximum absolute atomic E-state index is 6.76. The molecule has 0 unspecified atom stereocenters. The van der Waals surface area contributed by atoms with Crippen molar-refractivity contribution in [2.75, 3.05) is 0 Å². The molecule has 2 aliphatic rings. The van der Waals surface area contributed by atoms with E-state index in [9.17, 15) is 0 Å². The van der Waals surface area contributed by atoms with Crippen LogP contribution in [0.5, 0.6) is 0 Å². The van der Waals surface area contributed by atoms with Crippen molar-refractivity contribution in [2.45, 2.75) is 41.5 Å². The molecule has 5 rings (SSSR count). The third-order valence-electron chi connectivity index (χ3n) is 5.85. The van der Waals surface area contributed by atoms with Crippen molar-refractivity contribution in [1.82, 2.24) is 0 Å². The Morgan fingerprint density at radius 2 is 1.07 bits per heavy atom. The predicted molar refractivity (Wildman–Crippen MR) is 124 cm³/mol. The summed E-state index contributed by atoms with van der Waals surface area (Å²) in [7, 11) is 0. The third-order valence-corrected chi connectivity index (χ3v) is 10.7. The normalized spacial score (nSPS) is 27.8. The summed E-state index contributed by atoms with van der Waals surface area (Å²) in [6, 6.07) is 32.3. The summed E-state index contributed by atoms with van der Waals surface area (Å²) < 4.78 is 16.4. The summed E-state index contributed by atoms with van der Waals surface area (Å²) in [5.41, 5.74) is 1.19. The van der Waals surface area contributed by atoms with Gasteiger partial charge in [-0.05, 0) is 0 Å². The number of hydrogen-bond acceptors (Lipinski definition) is 2. The van der Waals surface area contributed by atoms with Gasteiger partial charge in [0.1, 0.15) is 0 Å². The molecule has 154 valence electrons. The fraction of sp³-hybridized carbons (Fsp3) is 0.308. The number of hydrogen-bond donors (Lipinski definition) is 0. The van der Waals surface area contributed by atoms with Crippen LogP contribution in [0.15, 0.2) is 91.0 Å². The second kappa shape index (κ2) is 9.40. The van der Waals surface area contributed by atoms with E-state index in [4.69, 9.17) is 9.47 Å². The van der Waals surface area contributed by atoms with Gasteiger partial charge in [-0.15, -0.1) is 0 Å². The Hall–Kier alpha value is -1.38. The van der Waals surface area contributed by atoms with E-state index in [1.807, 2.05) is 0 Å². The molecule has 0 aliphatic carbocycles. The molecule has 2 fully saturated rings. The molecule has 2 nitrogen and oxygen atoms in total. The van der Waals surface area contributed by atoms with Gasteiger partial charge in [0.25, 0.3) is 0 Å². The Kier molecular flexibility index (Phi) is 6.43. The molecule has 0 N–H and O–H groups in total. The fourth-order valence-electron chi connectivity index (χ4n) is 4.51. The first-order valence-electron chi connectivity index (χ1n) is 10.6. The summed E-state index contributed by atoms with van der Waals surface area (Å²) in [5, 5.41) is 2.23. The zero-order chi connectivity index (χ0) is 20.2. The molecule has 4 heteroatoms. The first-order valence-corrected chi connectivity index (χ1v) is 14.7. The predicted octanol–water partition coefficient (Wildman–Crippen LogP) is 3.93. The second-order valence-electron chi connectivity index (χ2n) is 7.93. The van der Waals surface area contributed by atoms with E-state index in [0.29, 0.717) is 35.8 Å². The zero-order valence-corrected chi connectivity index (χ0v) is 20.3. The van der Waals surface area contributed by atoms with Gasteiger partial charge in [-0.3, -0.25) is 0 Å². The maximum atomic E-state index is 6.76. The quantitative estimate of drug-likeness (QED) is 0.433. The molecule has 0 amide bonds. The van der Waals surface area contributed by atoms with Crippen LogP contribution in [0.25, 0.3) is 0 Å². The molecule has 2 aliphatic heterocycles. The van der Waals surface area contributed by atoms with Crippen molar-refractivity contribution in [1.29, 1.82) is 0 Å². The Morgan fingerprint density at radius 1 is 0.633 bits per heavy atom. The van der Waals surface area contributed by atoms with E-state index >= 15 is 0 Å². The van der Waals surface area contributed by atoms with E-state index in [-0.39, 0.29) is 12.2 Å². The summed E-state index contributed by atoms with van der Waals surface area (Å²) >= 11 is 0.885. The Morgan fingerprint density at radius 3 is 1.53 bits per heavy atom. The van der Waals surface area contributed by atoms with Crippen LogP contribution in [0.4, 0.5) is 0 Å². The van der Waals surface area contributed by atoms with Crippen molar-refractivity contribution in [3.63, 3.8) is 0 Å². The van der Waals surface area contributed by atoms with Gasteiger partial charge < -0.3 is 0 Å². The molecule has 0 saturated carbocycles. The molecule has 0 radical (unpaired) electrons. The molecule has 3 aromatic rings. The third kappa shape index (κ3) is 4.46. The fourth-order valence-corrected chi connectivity index (χ4v) is 8.42. The molecule has 0 bridgehead atoms. The molecular formula is C26H26O2Se2. The summed E-state index contributed by atoms with van der Waals surface area (Å²) in [6.07, 6.45) is 2.79. The van der Waals surface area contributed by atoms with E-state index in [1.165, 1.54) is 14.5 Å². The number of ether oxygens (including phenoxy) is 2. The van der Waals surface area contributed by atoms with Gasteiger partial charge in [0.2, 0.25) is 0 Å². The number of fused-ring (bicyclic) bond motifs is 1. The van der Waals surface area contributed by atoms with Crippen LogP contribution >= 0.6 is 0 Å². The average molecular weight is 528 g/mol. The number of rotatable bonds is 7. The van der Waals surface area contributed by atoms with Crippen LogP contribution in [0, 0.1) is 5.92 Å². The summed E-state index contributed by atoms with van der Waals surface area (Å²) in [6.45, 7) is 0. The van der Waals surface area contributed by atoms with Crippen LogP contribution < -0.4 is 8.92 Å². The van der Waals surface area contributed by atoms with Crippen LogP contribution in [0.1, 0.15) is 18.4 Å². The van der Waals surface area contributed by atoms with Gasteiger partial charge in [0.15, 0.2) is 0 Å². The van der Waals surface area contributed by atoms with Crippen molar-refractivity contribution in [3.8, 4) is 0 Å². The monoisotopic (exact) mass is 530 g/mol. The second-order valence-corrected chi connectivity index (χ2v) is 12.5. The van der Waals surface area contributed by atoms with Gasteiger partial charge in [0.05, 0.1) is 0 Å². The van der Waals surface area contributed by atoms with Crippen LogP contribution in [-0.4, -0.2) is 42.1 Å². The Bertz CT molecular complexity index is 878. The minimum atomic E-state index is -0.546. The van der Waals surface area contributed by atoms with E-state index in [0.717, 1.165) is 23.5 Å². The molecule has 2 atom stereocenters. The van der Waals surface area contributed by atoms with Crippen molar-refractivity contribution >= 4 is 38.8 Å². The molecule has 0 spiro atoms. The molecular weight excluding hydrogens is 502 g/mol. The van der Waals surface area contributed by atoms with Crippen LogP contribution in [0.2, 0.25) is 10.6 Å². The molecule has 30 heavy (non-hydrogen) atoms. The standard InChI is InChI=1S/C26H26O2Se2/c1-4-10-20(11-5-1)26-21(16-22(27-26)18-29-24-12-6-2-7-13-24)17-23(28-26)19-30-25-14-8-3-9-15-25/h1-15,21-23H,16-19H2/t21?,22-,23-,26?/m1/s1. The number of benzene rings is 3. The first-order chi connectivity index (χ1) is 14.8. The molecule has 0 aromatic heterocycles. The summed E-state index contributed by atoms with van der Waals surface area (Å²) in [4.78, 5) is 0. The van der Waals surface area contributed by atoms with Crippen molar-refractivity contribution in [3.05, 3.63) is 96.6 Å². The first kappa shape index (κ1) is 20.5. The van der Waals surface area contributed by atoms with Crippen molar-refractivity contribution < 1.29 is 9.47 Å². The van der Waals surface area contributed by atoms with Gasteiger partial charge >= 0.3 is 192 Å². The van der Waals surface area contributed by atoms with Crippen molar-refractivity contribution in [2.24, 2.45) is 5.92 Å². The molecule has 2 heterocycles. The van der Waals surface area contributed by atoms with Gasteiger partial charge in [-0.2, -0.15) is 0 Å². The minimum absolute atomic E-state index is 0.288. The average Bonchev–Trinajstić information content (AvgIpc) is 3.33. The van der Waals surface area contributed by atoms with Crippen LogP contribution in [-0.2, 0) is 15.3 Å². The van der Waals surface area contributed by atoms with E-state index in [2.05, 4.69) is 91.0 Å². The summed E-state index contributed by atoms with van der Waals surface area (Å²) in [5.74, 6) is -0.0936. The zero-order valence-electron chi connectivity index (χ0n) is 16.9. The Labute approximate surface area is 191 Å². The SMILES string of the molecule is c1ccc([Se]C[C@H]2CC3C[C@H](C[Se]c4ccccc4)OC3(c3ccccc3)O2)cc1.